The van der Waals surface area contributed by atoms with Crippen molar-refractivity contribution in [1.82, 2.24) is 5.32 Å². The van der Waals surface area contributed by atoms with Crippen molar-refractivity contribution in [2.45, 2.75) is 32.2 Å². The molecule has 1 atom stereocenters. The normalized spacial score (nSPS) is 13.3. The third-order valence-corrected chi connectivity index (χ3v) is 2.55. The summed E-state index contributed by atoms with van der Waals surface area (Å²) >= 11 is 0. The van der Waals surface area contributed by atoms with Gasteiger partial charge in [-0.3, -0.25) is 0 Å². The number of ether oxygens (including phenoxy) is 1. The topological polar surface area (TPSA) is 41.5 Å². The minimum atomic E-state index is -4.79. The van der Waals surface area contributed by atoms with Gasteiger partial charge in [0.25, 0.3) is 0 Å². The summed E-state index contributed by atoms with van der Waals surface area (Å²) in [6.07, 6.45) is -6.55. The van der Waals surface area contributed by atoms with Gasteiger partial charge in [-0.25, -0.2) is 4.39 Å². The van der Waals surface area contributed by atoms with Crippen molar-refractivity contribution < 1.29 is 27.4 Å². The molecule has 3 nitrogen and oxygen atoms in total. The van der Waals surface area contributed by atoms with Crippen LogP contribution in [0.1, 0.15) is 18.9 Å². The zero-order valence-electron chi connectivity index (χ0n) is 11.0. The van der Waals surface area contributed by atoms with Gasteiger partial charge >= 0.3 is 6.18 Å². The van der Waals surface area contributed by atoms with Gasteiger partial charge in [-0.2, -0.15) is 13.2 Å². The molecule has 1 aromatic rings. The van der Waals surface area contributed by atoms with E-state index in [2.05, 4.69) is 5.32 Å². The molecule has 0 aliphatic carbocycles. The molecule has 1 rings (SSSR count). The van der Waals surface area contributed by atoms with Crippen LogP contribution in [-0.2, 0) is 6.54 Å². The van der Waals surface area contributed by atoms with Crippen molar-refractivity contribution in [2.75, 3.05) is 13.2 Å². The molecule has 0 aliphatic rings. The Balaban J connectivity index is 2.72. The zero-order valence-corrected chi connectivity index (χ0v) is 11.0. The Bertz CT molecular complexity index is 423. The van der Waals surface area contributed by atoms with Crippen LogP contribution in [0.3, 0.4) is 0 Å². The maximum absolute atomic E-state index is 13.6. The molecule has 0 saturated heterocycles. The summed E-state index contributed by atoms with van der Waals surface area (Å²) in [5.74, 6) is -1.02. The number of hydrogen-bond acceptors (Lipinski definition) is 3. The van der Waals surface area contributed by atoms with E-state index in [9.17, 15) is 17.6 Å². The van der Waals surface area contributed by atoms with Crippen molar-refractivity contribution in [1.29, 1.82) is 0 Å². The first-order chi connectivity index (χ1) is 9.36. The first-order valence-electron chi connectivity index (χ1n) is 6.22. The van der Waals surface area contributed by atoms with Crippen LogP contribution in [0.5, 0.6) is 5.75 Å². The smallest absolute Gasteiger partial charge is 0.417 e. The van der Waals surface area contributed by atoms with E-state index < -0.39 is 24.7 Å². The summed E-state index contributed by atoms with van der Waals surface area (Å²) in [7, 11) is 0. The second kappa shape index (κ2) is 7.44. The van der Waals surface area contributed by atoms with E-state index in [-0.39, 0.29) is 12.3 Å². The Kier molecular flexibility index (Phi) is 6.22. The van der Waals surface area contributed by atoms with E-state index >= 15 is 0 Å². The van der Waals surface area contributed by atoms with E-state index in [1.54, 1.807) is 6.07 Å². The number of nitrogens with one attached hydrogen (secondary N) is 1. The van der Waals surface area contributed by atoms with Crippen LogP contribution in [-0.4, -0.2) is 30.5 Å². The summed E-state index contributed by atoms with van der Waals surface area (Å²) < 4.78 is 54.9. The van der Waals surface area contributed by atoms with Gasteiger partial charge in [0.05, 0.1) is 0 Å². The third kappa shape index (κ3) is 4.97. The van der Waals surface area contributed by atoms with Gasteiger partial charge in [0.1, 0.15) is 6.61 Å². The van der Waals surface area contributed by atoms with Gasteiger partial charge in [0, 0.05) is 12.1 Å². The second-order valence-electron chi connectivity index (χ2n) is 4.27. The average molecular weight is 295 g/mol. The molecule has 0 heterocycles. The fourth-order valence-corrected chi connectivity index (χ4v) is 1.51. The molecule has 20 heavy (non-hydrogen) atoms. The van der Waals surface area contributed by atoms with Crippen LogP contribution in [0.2, 0.25) is 0 Å². The van der Waals surface area contributed by atoms with Crippen molar-refractivity contribution in [3.63, 3.8) is 0 Å². The highest BCUT2D eigenvalue weighted by Crippen LogP contribution is 2.25. The third-order valence-electron chi connectivity index (χ3n) is 2.55. The lowest BCUT2D eigenvalue weighted by molar-refractivity contribution is -0.210. The highest BCUT2D eigenvalue weighted by atomic mass is 19.4. The van der Waals surface area contributed by atoms with Crippen molar-refractivity contribution in [2.24, 2.45) is 0 Å². The maximum Gasteiger partial charge on any atom is 0.417 e. The Morgan fingerprint density at radius 2 is 2.05 bits per heavy atom. The predicted molar refractivity (Wildman–Crippen MR) is 66.0 cm³/mol. The van der Waals surface area contributed by atoms with Gasteiger partial charge in [-0.1, -0.05) is 19.1 Å². The number of aliphatic hydroxyl groups excluding tert-OH is 1. The first kappa shape index (κ1) is 16.7. The number of para-hydroxylation sites is 1. The van der Waals surface area contributed by atoms with Crippen LogP contribution < -0.4 is 10.1 Å². The highest BCUT2D eigenvalue weighted by Gasteiger charge is 2.39. The van der Waals surface area contributed by atoms with Gasteiger partial charge in [-0.15, -0.1) is 0 Å². The van der Waals surface area contributed by atoms with Crippen molar-refractivity contribution >= 4 is 0 Å². The second-order valence-corrected chi connectivity index (χ2v) is 4.27. The number of rotatable bonds is 7. The molecule has 114 valence electrons. The quantitative estimate of drug-likeness (QED) is 0.600. The summed E-state index contributed by atoms with van der Waals surface area (Å²) in [6, 6.07) is 4.10. The fourth-order valence-electron chi connectivity index (χ4n) is 1.51. The molecule has 0 saturated carbocycles. The Morgan fingerprint density at radius 1 is 1.35 bits per heavy atom. The molecular weight excluding hydrogens is 278 g/mol. The van der Waals surface area contributed by atoms with Crippen LogP contribution in [0.15, 0.2) is 18.2 Å². The first-order valence-corrected chi connectivity index (χ1v) is 6.22. The molecule has 0 spiro atoms. The van der Waals surface area contributed by atoms with E-state index in [1.165, 1.54) is 6.07 Å². The molecule has 0 aliphatic heterocycles. The minimum absolute atomic E-state index is 0.264. The number of benzene rings is 1. The molecule has 0 aromatic heterocycles. The summed E-state index contributed by atoms with van der Waals surface area (Å²) in [5.41, 5.74) is 0.410. The Morgan fingerprint density at radius 3 is 2.65 bits per heavy atom. The summed E-state index contributed by atoms with van der Waals surface area (Å²) in [5, 5.41) is 11.9. The molecule has 0 amide bonds. The molecule has 1 unspecified atom stereocenters. The number of hydrogen-bond donors (Lipinski definition) is 2. The maximum atomic E-state index is 13.6. The average Bonchev–Trinajstić information content (AvgIpc) is 2.36. The lowest BCUT2D eigenvalue weighted by Crippen LogP contribution is -2.34. The minimum Gasteiger partial charge on any atom is -0.487 e. The van der Waals surface area contributed by atoms with Crippen LogP contribution in [0.25, 0.3) is 0 Å². The molecule has 7 heteroatoms. The SMILES string of the molecule is CCCNCc1cccc(F)c1OCC(O)C(F)(F)F. The summed E-state index contributed by atoms with van der Waals surface area (Å²) in [6.45, 7) is 1.89. The lowest BCUT2D eigenvalue weighted by atomic mass is 10.2. The molecule has 0 fully saturated rings. The highest BCUT2D eigenvalue weighted by molar-refractivity contribution is 5.35. The van der Waals surface area contributed by atoms with Gasteiger partial charge in [0.15, 0.2) is 17.7 Å². The molecule has 0 bridgehead atoms. The molecule has 2 N–H and O–H groups in total. The zero-order chi connectivity index (χ0) is 15.2. The van der Waals surface area contributed by atoms with Gasteiger partial charge in [0.2, 0.25) is 0 Å². The largest absolute Gasteiger partial charge is 0.487 e. The predicted octanol–water partition coefficient (Wildman–Crippen LogP) is 2.63. The van der Waals surface area contributed by atoms with Crippen LogP contribution in [0, 0.1) is 5.82 Å². The number of alkyl halides is 3. The molecular formula is C13H17F4NO2. The van der Waals surface area contributed by atoms with Gasteiger partial charge in [-0.05, 0) is 19.0 Å². The Labute approximate surface area is 114 Å². The van der Waals surface area contributed by atoms with E-state index in [1.807, 2.05) is 6.92 Å². The Hall–Kier alpha value is -1.34. The van der Waals surface area contributed by atoms with Crippen LogP contribution in [0.4, 0.5) is 17.6 Å². The summed E-state index contributed by atoms with van der Waals surface area (Å²) in [4.78, 5) is 0. The standard InChI is InChI=1S/C13H17F4NO2/c1-2-6-18-7-9-4-3-5-10(14)12(9)20-8-11(19)13(15,16)17/h3-5,11,18-19H,2,6-8H2,1H3. The number of halogens is 4. The van der Waals surface area contributed by atoms with Crippen LogP contribution >= 0.6 is 0 Å². The molecule has 1 aromatic carbocycles. The van der Waals surface area contributed by atoms with Gasteiger partial charge < -0.3 is 15.2 Å². The lowest BCUT2D eigenvalue weighted by Gasteiger charge is -2.17. The fraction of sp³-hybridized carbons (Fsp3) is 0.538. The molecule has 0 radical (unpaired) electrons. The van der Waals surface area contributed by atoms with Crippen molar-refractivity contribution in [3.05, 3.63) is 29.6 Å². The van der Waals surface area contributed by atoms with E-state index in [4.69, 9.17) is 9.84 Å². The van der Waals surface area contributed by atoms with E-state index in [0.717, 1.165) is 12.5 Å². The monoisotopic (exact) mass is 295 g/mol. The van der Waals surface area contributed by atoms with E-state index in [0.29, 0.717) is 12.1 Å². The van der Waals surface area contributed by atoms with Crippen molar-refractivity contribution in [3.8, 4) is 5.75 Å². The number of aliphatic hydroxyl groups is 1.